The van der Waals surface area contributed by atoms with Crippen molar-refractivity contribution in [2.75, 3.05) is 13.7 Å². The molecule has 1 atom stereocenters. The van der Waals surface area contributed by atoms with Gasteiger partial charge in [-0.05, 0) is 42.3 Å². The Kier molecular flexibility index (Phi) is 5.17. The van der Waals surface area contributed by atoms with Crippen molar-refractivity contribution in [1.82, 2.24) is 0 Å². The standard InChI is InChI=1S/C17H20FNO2/c1-12(19)14-5-8-17(16(18)11-14)21-10-9-13-3-6-15(20-2)7-4-13/h3-8,11-12H,9-10,19H2,1-2H3. The second-order valence-corrected chi connectivity index (χ2v) is 4.93. The van der Waals surface area contributed by atoms with Crippen LogP contribution >= 0.6 is 0 Å². The zero-order chi connectivity index (χ0) is 15.2. The molecular formula is C17H20FNO2. The summed E-state index contributed by atoms with van der Waals surface area (Å²) in [6.45, 7) is 2.24. The van der Waals surface area contributed by atoms with Crippen molar-refractivity contribution in [1.29, 1.82) is 0 Å². The Morgan fingerprint density at radius 1 is 1.14 bits per heavy atom. The Balaban J connectivity index is 1.90. The summed E-state index contributed by atoms with van der Waals surface area (Å²) in [5.41, 5.74) is 7.59. The first-order valence-electron chi connectivity index (χ1n) is 6.91. The van der Waals surface area contributed by atoms with Crippen molar-refractivity contribution in [2.45, 2.75) is 19.4 Å². The second kappa shape index (κ2) is 7.09. The normalized spacial score (nSPS) is 12.0. The van der Waals surface area contributed by atoms with Crippen LogP contribution in [-0.4, -0.2) is 13.7 Å². The molecular weight excluding hydrogens is 269 g/mol. The molecule has 2 N–H and O–H groups in total. The van der Waals surface area contributed by atoms with Crippen LogP contribution in [0.2, 0.25) is 0 Å². The van der Waals surface area contributed by atoms with Crippen LogP contribution in [0.1, 0.15) is 24.1 Å². The van der Waals surface area contributed by atoms with E-state index < -0.39 is 0 Å². The molecule has 0 saturated carbocycles. The van der Waals surface area contributed by atoms with Crippen LogP contribution in [-0.2, 0) is 6.42 Å². The summed E-state index contributed by atoms with van der Waals surface area (Å²) < 4.78 is 24.4. The zero-order valence-corrected chi connectivity index (χ0v) is 12.3. The van der Waals surface area contributed by atoms with E-state index in [2.05, 4.69) is 0 Å². The molecule has 1 unspecified atom stereocenters. The molecule has 0 aliphatic rings. The predicted molar refractivity (Wildman–Crippen MR) is 81.2 cm³/mol. The third kappa shape index (κ3) is 4.20. The van der Waals surface area contributed by atoms with Gasteiger partial charge < -0.3 is 15.2 Å². The lowest BCUT2D eigenvalue weighted by Crippen LogP contribution is -2.07. The molecule has 3 nitrogen and oxygen atoms in total. The van der Waals surface area contributed by atoms with Gasteiger partial charge in [-0.2, -0.15) is 0 Å². The average molecular weight is 289 g/mol. The van der Waals surface area contributed by atoms with E-state index in [1.54, 1.807) is 19.2 Å². The van der Waals surface area contributed by atoms with Gasteiger partial charge in [0, 0.05) is 12.5 Å². The molecule has 0 amide bonds. The third-order valence-electron chi connectivity index (χ3n) is 3.29. The molecule has 0 heterocycles. The Labute approximate surface area is 124 Å². The van der Waals surface area contributed by atoms with Crippen molar-refractivity contribution < 1.29 is 13.9 Å². The average Bonchev–Trinajstić information content (AvgIpc) is 2.49. The summed E-state index contributed by atoms with van der Waals surface area (Å²) >= 11 is 0. The van der Waals surface area contributed by atoms with Crippen LogP contribution < -0.4 is 15.2 Å². The van der Waals surface area contributed by atoms with Crippen molar-refractivity contribution in [3.63, 3.8) is 0 Å². The first-order chi connectivity index (χ1) is 10.1. The molecule has 2 rings (SSSR count). The fraction of sp³-hybridized carbons (Fsp3) is 0.294. The highest BCUT2D eigenvalue weighted by molar-refractivity contribution is 5.31. The minimum atomic E-state index is -0.375. The molecule has 0 aromatic heterocycles. The quantitative estimate of drug-likeness (QED) is 0.885. The topological polar surface area (TPSA) is 44.5 Å². The molecule has 2 aromatic carbocycles. The number of nitrogens with two attached hydrogens (primary N) is 1. The minimum absolute atomic E-state index is 0.187. The van der Waals surface area contributed by atoms with E-state index in [-0.39, 0.29) is 17.6 Å². The molecule has 0 aliphatic heterocycles. The Morgan fingerprint density at radius 3 is 2.43 bits per heavy atom. The maximum absolute atomic E-state index is 13.8. The number of hydrogen-bond acceptors (Lipinski definition) is 3. The summed E-state index contributed by atoms with van der Waals surface area (Å²) in [5.74, 6) is 0.699. The molecule has 2 aromatic rings. The SMILES string of the molecule is COc1ccc(CCOc2ccc(C(C)N)cc2F)cc1. The number of halogens is 1. The summed E-state index contributed by atoms with van der Waals surface area (Å²) in [7, 11) is 1.63. The van der Waals surface area contributed by atoms with Gasteiger partial charge in [-0.1, -0.05) is 18.2 Å². The zero-order valence-electron chi connectivity index (χ0n) is 12.3. The highest BCUT2D eigenvalue weighted by Crippen LogP contribution is 2.21. The van der Waals surface area contributed by atoms with Crippen LogP contribution in [0.15, 0.2) is 42.5 Å². The van der Waals surface area contributed by atoms with Gasteiger partial charge >= 0.3 is 0 Å². The summed E-state index contributed by atoms with van der Waals surface area (Å²) in [4.78, 5) is 0. The van der Waals surface area contributed by atoms with Gasteiger partial charge in [0.15, 0.2) is 11.6 Å². The van der Waals surface area contributed by atoms with Gasteiger partial charge in [0.25, 0.3) is 0 Å². The smallest absolute Gasteiger partial charge is 0.165 e. The lowest BCUT2D eigenvalue weighted by atomic mass is 10.1. The Bertz CT molecular complexity index is 582. The molecule has 0 saturated heterocycles. The second-order valence-electron chi connectivity index (χ2n) is 4.93. The fourth-order valence-electron chi connectivity index (χ4n) is 1.99. The van der Waals surface area contributed by atoms with Crippen LogP contribution in [0.4, 0.5) is 4.39 Å². The first kappa shape index (κ1) is 15.3. The summed E-state index contributed by atoms with van der Waals surface area (Å²) in [6.07, 6.45) is 0.707. The molecule has 0 radical (unpaired) electrons. The van der Waals surface area contributed by atoms with Crippen LogP contribution in [0.25, 0.3) is 0 Å². The van der Waals surface area contributed by atoms with Gasteiger partial charge in [-0.25, -0.2) is 4.39 Å². The fourth-order valence-corrected chi connectivity index (χ4v) is 1.99. The molecule has 0 bridgehead atoms. The molecule has 112 valence electrons. The van der Waals surface area contributed by atoms with Crippen LogP contribution in [0.5, 0.6) is 11.5 Å². The summed E-state index contributed by atoms with van der Waals surface area (Å²) in [5, 5.41) is 0. The van der Waals surface area contributed by atoms with Crippen LogP contribution in [0, 0.1) is 5.82 Å². The Hall–Kier alpha value is -2.07. The minimum Gasteiger partial charge on any atom is -0.497 e. The van der Waals surface area contributed by atoms with E-state index in [1.165, 1.54) is 6.07 Å². The van der Waals surface area contributed by atoms with E-state index >= 15 is 0 Å². The monoisotopic (exact) mass is 289 g/mol. The molecule has 0 fully saturated rings. The molecule has 0 spiro atoms. The predicted octanol–water partition coefficient (Wildman–Crippen LogP) is 3.48. The number of methoxy groups -OCH3 is 1. The highest BCUT2D eigenvalue weighted by atomic mass is 19.1. The molecule has 21 heavy (non-hydrogen) atoms. The molecule has 4 heteroatoms. The van der Waals surface area contributed by atoms with E-state index in [0.717, 1.165) is 16.9 Å². The lowest BCUT2D eigenvalue weighted by Gasteiger charge is -2.10. The van der Waals surface area contributed by atoms with Crippen molar-refractivity contribution in [2.24, 2.45) is 5.73 Å². The van der Waals surface area contributed by atoms with Crippen molar-refractivity contribution in [3.8, 4) is 11.5 Å². The van der Waals surface area contributed by atoms with E-state index in [4.69, 9.17) is 15.2 Å². The molecule has 0 aliphatic carbocycles. The van der Waals surface area contributed by atoms with E-state index in [0.29, 0.717) is 13.0 Å². The highest BCUT2D eigenvalue weighted by Gasteiger charge is 2.07. The largest absolute Gasteiger partial charge is 0.497 e. The van der Waals surface area contributed by atoms with Crippen molar-refractivity contribution >= 4 is 0 Å². The van der Waals surface area contributed by atoms with Gasteiger partial charge in [-0.15, -0.1) is 0 Å². The van der Waals surface area contributed by atoms with Gasteiger partial charge in [-0.3, -0.25) is 0 Å². The Morgan fingerprint density at radius 2 is 1.86 bits per heavy atom. The van der Waals surface area contributed by atoms with Gasteiger partial charge in [0.2, 0.25) is 0 Å². The number of rotatable bonds is 6. The van der Waals surface area contributed by atoms with E-state index in [9.17, 15) is 4.39 Å². The summed E-state index contributed by atoms with van der Waals surface area (Å²) in [6, 6.07) is 12.4. The number of hydrogen-bond donors (Lipinski definition) is 1. The number of ether oxygens (including phenoxy) is 2. The first-order valence-corrected chi connectivity index (χ1v) is 6.91. The van der Waals surface area contributed by atoms with Crippen molar-refractivity contribution in [3.05, 3.63) is 59.4 Å². The maximum Gasteiger partial charge on any atom is 0.165 e. The lowest BCUT2D eigenvalue weighted by molar-refractivity contribution is 0.305. The number of benzene rings is 2. The third-order valence-corrected chi connectivity index (χ3v) is 3.29. The van der Waals surface area contributed by atoms with Crippen LogP contribution in [0.3, 0.4) is 0 Å². The maximum atomic E-state index is 13.8. The van der Waals surface area contributed by atoms with Gasteiger partial charge in [0.1, 0.15) is 5.75 Å². The van der Waals surface area contributed by atoms with Gasteiger partial charge in [0.05, 0.1) is 13.7 Å². The van der Waals surface area contributed by atoms with E-state index in [1.807, 2.05) is 31.2 Å².